The second-order valence-corrected chi connectivity index (χ2v) is 5.69. The molecule has 0 radical (unpaired) electrons. The summed E-state index contributed by atoms with van der Waals surface area (Å²) in [6.07, 6.45) is 3.50. The Labute approximate surface area is 108 Å². The average molecular weight is 257 g/mol. The molecule has 0 unspecified atom stereocenters. The highest BCUT2D eigenvalue weighted by Crippen LogP contribution is 2.28. The zero-order valence-corrected chi connectivity index (χ0v) is 11.6. The van der Waals surface area contributed by atoms with E-state index in [0.29, 0.717) is 0 Å². The molecule has 1 saturated carbocycles. The lowest BCUT2D eigenvalue weighted by atomic mass is 9.98. The molecule has 1 fully saturated rings. The fourth-order valence-electron chi connectivity index (χ4n) is 2.22. The number of hydrogen-bond acceptors (Lipinski definition) is 4. The summed E-state index contributed by atoms with van der Waals surface area (Å²) in [5.41, 5.74) is -0.569. The van der Waals surface area contributed by atoms with Gasteiger partial charge in [-0.25, -0.2) is 9.59 Å². The SMILES string of the molecule is COC(=O)[C@@H](NC(=O)OC(C)(C)C)C1CCCC1. The van der Waals surface area contributed by atoms with E-state index in [2.05, 4.69) is 5.32 Å². The standard InChI is InChI=1S/C13H23NO4/c1-13(2,3)18-12(16)14-10(11(15)17-4)9-7-5-6-8-9/h9-10H,5-8H2,1-4H3,(H,14,16)/t10-/m0/s1. The summed E-state index contributed by atoms with van der Waals surface area (Å²) in [5, 5.41) is 2.63. The van der Waals surface area contributed by atoms with Crippen molar-refractivity contribution in [1.29, 1.82) is 0 Å². The first kappa shape index (κ1) is 14.8. The Kier molecular flexibility index (Phi) is 4.99. The zero-order chi connectivity index (χ0) is 13.8. The third-order valence-electron chi connectivity index (χ3n) is 3.00. The van der Waals surface area contributed by atoms with Gasteiger partial charge in [0.05, 0.1) is 7.11 Å². The molecule has 0 saturated heterocycles. The molecule has 1 N–H and O–H groups in total. The third-order valence-corrected chi connectivity index (χ3v) is 3.00. The molecular weight excluding hydrogens is 234 g/mol. The largest absolute Gasteiger partial charge is 0.467 e. The highest BCUT2D eigenvalue weighted by atomic mass is 16.6. The van der Waals surface area contributed by atoms with Gasteiger partial charge in [0.1, 0.15) is 11.6 Å². The Bertz CT molecular complexity index is 303. The second kappa shape index (κ2) is 6.07. The predicted molar refractivity (Wildman–Crippen MR) is 67.1 cm³/mol. The molecule has 5 heteroatoms. The van der Waals surface area contributed by atoms with Crippen LogP contribution >= 0.6 is 0 Å². The van der Waals surface area contributed by atoms with Gasteiger partial charge in [-0.05, 0) is 39.5 Å². The lowest BCUT2D eigenvalue weighted by Gasteiger charge is -2.25. The van der Waals surface area contributed by atoms with E-state index < -0.39 is 23.7 Å². The number of amides is 1. The zero-order valence-electron chi connectivity index (χ0n) is 11.6. The molecule has 0 heterocycles. The van der Waals surface area contributed by atoms with E-state index in [1.54, 1.807) is 20.8 Å². The molecule has 0 aromatic heterocycles. The van der Waals surface area contributed by atoms with Gasteiger partial charge in [0.2, 0.25) is 0 Å². The van der Waals surface area contributed by atoms with E-state index in [4.69, 9.17) is 9.47 Å². The number of ether oxygens (including phenoxy) is 2. The summed E-state index contributed by atoms with van der Waals surface area (Å²) < 4.78 is 9.91. The summed E-state index contributed by atoms with van der Waals surface area (Å²) in [6, 6.07) is -0.590. The lowest BCUT2D eigenvalue weighted by Crippen LogP contribution is -2.47. The highest BCUT2D eigenvalue weighted by Gasteiger charge is 2.33. The van der Waals surface area contributed by atoms with Gasteiger partial charge < -0.3 is 14.8 Å². The van der Waals surface area contributed by atoms with Gasteiger partial charge in [-0.1, -0.05) is 12.8 Å². The molecular formula is C13H23NO4. The molecule has 1 amide bonds. The van der Waals surface area contributed by atoms with Crippen LogP contribution in [0.25, 0.3) is 0 Å². The molecule has 1 aliphatic carbocycles. The van der Waals surface area contributed by atoms with Gasteiger partial charge in [-0.3, -0.25) is 0 Å². The van der Waals surface area contributed by atoms with Gasteiger partial charge in [0.25, 0.3) is 0 Å². The van der Waals surface area contributed by atoms with Gasteiger partial charge >= 0.3 is 12.1 Å². The molecule has 0 aliphatic heterocycles. The summed E-state index contributed by atoms with van der Waals surface area (Å²) >= 11 is 0. The number of hydrogen-bond donors (Lipinski definition) is 1. The average Bonchev–Trinajstić information content (AvgIpc) is 2.75. The Morgan fingerprint density at radius 1 is 1.22 bits per heavy atom. The van der Waals surface area contributed by atoms with Crippen LogP contribution in [0.3, 0.4) is 0 Å². The van der Waals surface area contributed by atoms with Crippen LogP contribution in [0.2, 0.25) is 0 Å². The minimum atomic E-state index is -0.590. The minimum absolute atomic E-state index is 0.157. The van der Waals surface area contributed by atoms with Crippen LogP contribution in [0.1, 0.15) is 46.5 Å². The van der Waals surface area contributed by atoms with Gasteiger partial charge in [0.15, 0.2) is 0 Å². The summed E-state index contributed by atoms with van der Waals surface area (Å²) in [6.45, 7) is 5.36. The normalized spacial score (nSPS) is 18.2. The van der Waals surface area contributed by atoms with Gasteiger partial charge in [0, 0.05) is 0 Å². The first-order valence-corrected chi connectivity index (χ1v) is 6.41. The third kappa shape index (κ3) is 4.55. The Morgan fingerprint density at radius 3 is 2.22 bits per heavy atom. The van der Waals surface area contributed by atoms with Crippen molar-refractivity contribution in [3.05, 3.63) is 0 Å². The number of carbonyl (C=O) groups excluding carboxylic acids is 2. The van der Waals surface area contributed by atoms with Crippen LogP contribution in [-0.4, -0.2) is 30.8 Å². The maximum absolute atomic E-state index is 11.7. The molecule has 1 atom stereocenters. The number of nitrogens with one attached hydrogen (secondary N) is 1. The molecule has 5 nitrogen and oxygen atoms in total. The number of esters is 1. The van der Waals surface area contributed by atoms with Crippen LogP contribution in [0, 0.1) is 5.92 Å². The van der Waals surface area contributed by atoms with E-state index in [9.17, 15) is 9.59 Å². The first-order chi connectivity index (χ1) is 8.33. The monoisotopic (exact) mass is 257 g/mol. The summed E-state index contributed by atoms with van der Waals surface area (Å²) in [5.74, 6) is -0.238. The molecule has 0 aromatic rings. The summed E-state index contributed by atoms with van der Waals surface area (Å²) in [7, 11) is 1.33. The Morgan fingerprint density at radius 2 is 1.78 bits per heavy atom. The smallest absolute Gasteiger partial charge is 0.408 e. The lowest BCUT2D eigenvalue weighted by molar-refractivity contribution is -0.144. The molecule has 18 heavy (non-hydrogen) atoms. The Balaban J connectivity index is 2.61. The quantitative estimate of drug-likeness (QED) is 0.787. The number of rotatable bonds is 3. The van der Waals surface area contributed by atoms with Crippen molar-refractivity contribution in [1.82, 2.24) is 5.32 Å². The molecule has 0 spiro atoms. The highest BCUT2D eigenvalue weighted by molar-refractivity contribution is 5.81. The van der Waals surface area contributed by atoms with Crippen LogP contribution in [0.15, 0.2) is 0 Å². The van der Waals surface area contributed by atoms with Crippen LogP contribution in [0.5, 0.6) is 0 Å². The van der Waals surface area contributed by atoms with E-state index in [1.165, 1.54) is 7.11 Å². The van der Waals surface area contributed by atoms with Crippen molar-refractivity contribution in [2.75, 3.05) is 7.11 Å². The number of methoxy groups -OCH3 is 1. The van der Waals surface area contributed by atoms with Gasteiger partial charge in [-0.15, -0.1) is 0 Å². The van der Waals surface area contributed by atoms with Gasteiger partial charge in [-0.2, -0.15) is 0 Å². The minimum Gasteiger partial charge on any atom is -0.467 e. The molecule has 1 rings (SSSR count). The molecule has 0 bridgehead atoms. The fraction of sp³-hybridized carbons (Fsp3) is 0.846. The van der Waals surface area contributed by atoms with Crippen molar-refractivity contribution < 1.29 is 19.1 Å². The van der Waals surface area contributed by atoms with E-state index in [1.807, 2.05) is 0 Å². The molecule has 104 valence electrons. The van der Waals surface area contributed by atoms with Crippen molar-refractivity contribution in [3.63, 3.8) is 0 Å². The van der Waals surface area contributed by atoms with E-state index >= 15 is 0 Å². The predicted octanol–water partition coefficient (Wildman–Crippen LogP) is 2.24. The van der Waals surface area contributed by atoms with Crippen molar-refractivity contribution in [2.45, 2.75) is 58.1 Å². The topological polar surface area (TPSA) is 64.6 Å². The summed E-state index contributed by atoms with van der Waals surface area (Å²) in [4.78, 5) is 23.4. The number of carbonyl (C=O) groups is 2. The molecule has 1 aliphatic rings. The van der Waals surface area contributed by atoms with E-state index in [-0.39, 0.29) is 5.92 Å². The number of alkyl carbamates (subject to hydrolysis) is 1. The van der Waals surface area contributed by atoms with Crippen molar-refractivity contribution >= 4 is 12.1 Å². The maximum Gasteiger partial charge on any atom is 0.408 e. The Hall–Kier alpha value is -1.26. The van der Waals surface area contributed by atoms with Crippen molar-refractivity contribution in [2.24, 2.45) is 5.92 Å². The van der Waals surface area contributed by atoms with Crippen LogP contribution in [-0.2, 0) is 14.3 Å². The molecule has 0 aromatic carbocycles. The fourth-order valence-corrected chi connectivity index (χ4v) is 2.22. The maximum atomic E-state index is 11.7. The second-order valence-electron chi connectivity index (χ2n) is 5.69. The van der Waals surface area contributed by atoms with Crippen LogP contribution < -0.4 is 5.32 Å². The van der Waals surface area contributed by atoms with E-state index in [0.717, 1.165) is 25.7 Å². The van der Waals surface area contributed by atoms with Crippen molar-refractivity contribution in [3.8, 4) is 0 Å². The first-order valence-electron chi connectivity index (χ1n) is 6.41. The van der Waals surface area contributed by atoms with Crippen LogP contribution in [0.4, 0.5) is 4.79 Å².